The Morgan fingerprint density at radius 1 is 1.00 bits per heavy atom. The average molecular weight is 320 g/mol. The smallest absolute Gasteiger partial charge is 0.336 e. The number of hydrogen-bond acceptors (Lipinski definition) is 2. The molecule has 1 aromatic rings. The van der Waals surface area contributed by atoms with Gasteiger partial charge in [-0.25, -0.2) is 9.59 Å². The highest BCUT2D eigenvalue weighted by molar-refractivity contribution is 6.03. The van der Waals surface area contributed by atoms with E-state index in [1.165, 1.54) is 18.9 Å². The normalized spacial score (nSPS) is 11.0. The third kappa shape index (κ3) is 5.70. The molecule has 0 aliphatic heterocycles. The van der Waals surface area contributed by atoms with Crippen LogP contribution in [-0.4, -0.2) is 22.2 Å². The number of carboxylic acids is 2. The van der Waals surface area contributed by atoms with E-state index in [-0.39, 0.29) is 11.1 Å². The molecule has 0 aliphatic rings. The predicted molar refractivity (Wildman–Crippen MR) is 91.4 cm³/mol. The second kappa shape index (κ2) is 9.33. The number of hydrogen-bond donors (Lipinski definition) is 2. The van der Waals surface area contributed by atoms with E-state index >= 15 is 0 Å². The number of rotatable bonds is 10. The van der Waals surface area contributed by atoms with Gasteiger partial charge in [-0.3, -0.25) is 0 Å². The Hall–Kier alpha value is -1.84. The van der Waals surface area contributed by atoms with Crippen LogP contribution in [0.1, 0.15) is 84.7 Å². The van der Waals surface area contributed by atoms with Crippen molar-refractivity contribution in [2.45, 2.75) is 65.7 Å². The molecule has 0 aromatic heterocycles. The largest absolute Gasteiger partial charge is 0.478 e. The van der Waals surface area contributed by atoms with Gasteiger partial charge in [0.2, 0.25) is 0 Å². The first kappa shape index (κ1) is 19.2. The summed E-state index contributed by atoms with van der Waals surface area (Å²) in [6.07, 6.45) is 6.84. The van der Waals surface area contributed by atoms with E-state index in [0.717, 1.165) is 24.8 Å². The lowest BCUT2D eigenvalue weighted by Crippen LogP contribution is -2.13. The molecule has 1 rings (SSSR count). The molecule has 1 aromatic carbocycles. The van der Waals surface area contributed by atoms with E-state index < -0.39 is 11.9 Å². The van der Waals surface area contributed by atoms with Crippen molar-refractivity contribution >= 4 is 11.9 Å². The fourth-order valence-corrected chi connectivity index (χ4v) is 2.94. The zero-order valence-electron chi connectivity index (χ0n) is 14.4. The van der Waals surface area contributed by atoms with Crippen LogP contribution in [0.4, 0.5) is 0 Å². The van der Waals surface area contributed by atoms with E-state index in [4.69, 9.17) is 0 Å². The lowest BCUT2D eigenvalue weighted by molar-refractivity contribution is 0.0650. The van der Waals surface area contributed by atoms with Gasteiger partial charge in [0.05, 0.1) is 11.1 Å². The van der Waals surface area contributed by atoms with Gasteiger partial charge in [-0.05, 0) is 42.4 Å². The minimum absolute atomic E-state index is 0.0287. The third-order valence-electron chi connectivity index (χ3n) is 4.19. The minimum Gasteiger partial charge on any atom is -0.478 e. The molecule has 23 heavy (non-hydrogen) atoms. The molecule has 0 spiro atoms. The summed E-state index contributed by atoms with van der Waals surface area (Å²) in [5.74, 6) is -1.61. The van der Waals surface area contributed by atoms with Crippen LogP contribution in [-0.2, 0) is 12.8 Å². The van der Waals surface area contributed by atoms with E-state index in [1.807, 2.05) is 6.92 Å². The summed E-state index contributed by atoms with van der Waals surface area (Å²) in [7, 11) is 0. The second-order valence-electron chi connectivity index (χ2n) is 6.44. The summed E-state index contributed by atoms with van der Waals surface area (Å²) < 4.78 is 0. The zero-order chi connectivity index (χ0) is 17.4. The number of benzene rings is 1. The molecule has 4 nitrogen and oxygen atoms in total. The topological polar surface area (TPSA) is 74.6 Å². The number of carboxylic acid groups (broad SMARTS) is 2. The SMILES string of the molecule is CCc1ccc(C(=O)O)c(C(=O)O)c1CCCCCCC(C)C. The quantitative estimate of drug-likeness (QED) is 0.608. The minimum atomic E-state index is -1.18. The fraction of sp³-hybridized carbons (Fsp3) is 0.579. The molecule has 0 fully saturated rings. The predicted octanol–water partition coefficient (Wildman–Crippen LogP) is 4.79. The van der Waals surface area contributed by atoms with Crippen LogP contribution in [0.2, 0.25) is 0 Å². The van der Waals surface area contributed by atoms with Gasteiger partial charge in [0, 0.05) is 0 Å². The fourth-order valence-electron chi connectivity index (χ4n) is 2.94. The van der Waals surface area contributed by atoms with E-state index in [9.17, 15) is 19.8 Å². The number of unbranched alkanes of at least 4 members (excludes halogenated alkanes) is 3. The summed E-state index contributed by atoms with van der Waals surface area (Å²) in [4.78, 5) is 22.9. The molecule has 0 radical (unpaired) electrons. The van der Waals surface area contributed by atoms with Crippen molar-refractivity contribution in [3.8, 4) is 0 Å². The molecular weight excluding hydrogens is 292 g/mol. The van der Waals surface area contributed by atoms with Crippen LogP contribution in [0.5, 0.6) is 0 Å². The number of aromatic carboxylic acids is 2. The zero-order valence-corrected chi connectivity index (χ0v) is 14.4. The summed E-state index contributed by atoms with van der Waals surface area (Å²) >= 11 is 0. The molecule has 0 amide bonds. The average Bonchev–Trinajstić information content (AvgIpc) is 2.49. The standard InChI is InChI=1S/C19H28O4/c1-4-14-11-12-16(18(20)21)17(19(22)23)15(14)10-8-6-5-7-9-13(2)3/h11-13H,4-10H2,1-3H3,(H,20,21)(H,22,23). The van der Waals surface area contributed by atoms with Gasteiger partial charge in [0.25, 0.3) is 0 Å². The molecule has 4 heteroatoms. The maximum atomic E-state index is 11.6. The Kier molecular flexibility index (Phi) is 7.79. The molecule has 0 aliphatic carbocycles. The summed E-state index contributed by atoms with van der Waals surface area (Å²) in [6, 6.07) is 3.17. The Morgan fingerprint density at radius 2 is 1.65 bits per heavy atom. The van der Waals surface area contributed by atoms with Crippen molar-refractivity contribution in [1.29, 1.82) is 0 Å². The van der Waals surface area contributed by atoms with E-state index in [1.54, 1.807) is 6.07 Å². The Balaban J connectivity index is 2.84. The molecule has 0 bridgehead atoms. The monoisotopic (exact) mass is 320 g/mol. The lowest BCUT2D eigenvalue weighted by Gasteiger charge is -2.14. The molecule has 0 unspecified atom stereocenters. The highest BCUT2D eigenvalue weighted by atomic mass is 16.4. The second-order valence-corrected chi connectivity index (χ2v) is 6.44. The van der Waals surface area contributed by atoms with E-state index in [0.29, 0.717) is 24.3 Å². The van der Waals surface area contributed by atoms with Crippen LogP contribution < -0.4 is 0 Å². The third-order valence-corrected chi connectivity index (χ3v) is 4.19. The van der Waals surface area contributed by atoms with Crippen molar-refractivity contribution < 1.29 is 19.8 Å². The van der Waals surface area contributed by atoms with Gasteiger partial charge < -0.3 is 10.2 Å². The van der Waals surface area contributed by atoms with Gasteiger partial charge in [0.15, 0.2) is 0 Å². The molecule has 0 heterocycles. The first-order valence-corrected chi connectivity index (χ1v) is 8.49. The van der Waals surface area contributed by atoms with Crippen molar-refractivity contribution in [1.82, 2.24) is 0 Å². The highest BCUT2D eigenvalue weighted by Gasteiger charge is 2.21. The summed E-state index contributed by atoms with van der Waals surface area (Å²) in [5, 5.41) is 18.7. The van der Waals surface area contributed by atoms with Crippen molar-refractivity contribution in [2.24, 2.45) is 5.92 Å². The number of carbonyl (C=O) groups is 2. The molecular formula is C19H28O4. The molecule has 0 saturated carbocycles. The van der Waals surface area contributed by atoms with Crippen LogP contribution in [0.3, 0.4) is 0 Å². The Bertz CT molecular complexity index is 547. The summed E-state index contributed by atoms with van der Waals surface area (Å²) in [5.41, 5.74) is 1.50. The van der Waals surface area contributed by atoms with Crippen molar-refractivity contribution in [3.05, 3.63) is 34.4 Å². The van der Waals surface area contributed by atoms with Crippen LogP contribution in [0.15, 0.2) is 12.1 Å². The molecule has 0 saturated heterocycles. The van der Waals surface area contributed by atoms with Crippen molar-refractivity contribution in [3.63, 3.8) is 0 Å². The maximum Gasteiger partial charge on any atom is 0.336 e. The first-order chi connectivity index (χ1) is 10.9. The van der Waals surface area contributed by atoms with Gasteiger partial charge in [-0.1, -0.05) is 52.5 Å². The summed E-state index contributed by atoms with van der Waals surface area (Å²) in [6.45, 7) is 6.39. The first-order valence-electron chi connectivity index (χ1n) is 8.49. The van der Waals surface area contributed by atoms with E-state index in [2.05, 4.69) is 13.8 Å². The van der Waals surface area contributed by atoms with Gasteiger partial charge in [0.1, 0.15) is 0 Å². The molecule has 2 N–H and O–H groups in total. The highest BCUT2D eigenvalue weighted by Crippen LogP contribution is 2.23. The number of aryl methyl sites for hydroxylation is 1. The molecule has 128 valence electrons. The van der Waals surface area contributed by atoms with Gasteiger partial charge in [-0.15, -0.1) is 0 Å². The Morgan fingerprint density at radius 3 is 2.17 bits per heavy atom. The lowest BCUT2D eigenvalue weighted by atomic mass is 9.90. The van der Waals surface area contributed by atoms with Crippen LogP contribution in [0, 0.1) is 5.92 Å². The van der Waals surface area contributed by atoms with Gasteiger partial charge in [-0.2, -0.15) is 0 Å². The Labute approximate surface area is 138 Å². The van der Waals surface area contributed by atoms with Gasteiger partial charge >= 0.3 is 11.9 Å². The van der Waals surface area contributed by atoms with Crippen LogP contribution in [0.25, 0.3) is 0 Å². The molecule has 0 atom stereocenters. The van der Waals surface area contributed by atoms with Crippen molar-refractivity contribution in [2.75, 3.05) is 0 Å². The van der Waals surface area contributed by atoms with Crippen LogP contribution >= 0.6 is 0 Å². The maximum absolute atomic E-state index is 11.6.